The molecular formula is C20H17ClN4O3. The Labute approximate surface area is 166 Å². The van der Waals surface area contributed by atoms with E-state index in [1.807, 2.05) is 30.3 Å². The van der Waals surface area contributed by atoms with Crippen molar-refractivity contribution in [2.75, 3.05) is 6.79 Å². The van der Waals surface area contributed by atoms with Crippen LogP contribution in [0.4, 0.5) is 0 Å². The lowest BCUT2D eigenvalue weighted by Gasteiger charge is -2.17. The topological polar surface area (TPSA) is 78.3 Å². The molecule has 7 nitrogen and oxygen atoms in total. The van der Waals surface area contributed by atoms with Crippen molar-refractivity contribution in [2.45, 2.75) is 25.3 Å². The number of fused-ring (bicyclic) bond motifs is 1. The molecule has 0 unspecified atom stereocenters. The second kappa shape index (κ2) is 6.24. The third kappa shape index (κ3) is 2.88. The molecule has 2 aromatic carbocycles. The normalized spacial score (nSPS) is 16.1. The number of nitrogens with zero attached hydrogens (tertiary/aromatic N) is 3. The zero-order chi connectivity index (χ0) is 19.3. The molecule has 1 fully saturated rings. The van der Waals surface area contributed by atoms with Crippen molar-refractivity contribution in [2.24, 2.45) is 0 Å². The van der Waals surface area contributed by atoms with E-state index in [0.717, 1.165) is 24.2 Å². The quantitative estimate of drug-likeness (QED) is 0.731. The van der Waals surface area contributed by atoms with Crippen molar-refractivity contribution in [1.29, 1.82) is 0 Å². The highest BCUT2D eigenvalue weighted by Crippen LogP contribution is 2.48. The molecule has 1 amide bonds. The standard InChI is InChI=1S/C20H17ClN4O3/c1-12-18(24-25(23-12)15-4-2-3-14(21)10-15)19(26)22-20(7-8-20)13-5-6-16-17(9-13)28-11-27-16/h2-6,9-10H,7-8,11H2,1H3,(H,22,26). The van der Waals surface area contributed by atoms with E-state index in [2.05, 4.69) is 15.5 Å². The summed E-state index contributed by atoms with van der Waals surface area (Å²) < 4.78 is 10.8. The molecule has 2 heterocycles. The fourth-order valence-electron chi connectivity index (χ4n) is 3.39. The van der Waals surface area contributed by atoms with Crippen LogP contribution in [0.15, 0.2) is 42.5 Å². The maximum absolute atomic E-state index is 12.9. The second-order valence-electron chi connectivity index (χ2n) is 7.01. The molecule has 1 N–H and O–H groups in total. The van der Waals surface area contributed by atoms with Crippen molar-refractivity contribution in [3.8, 4) is 17.2 Å². The minimum absolute atomic E-state index is 0.226. The van der Waals surface area contributed by atoms with Gasteiger partial charge in [-0.25, -0.2) is 0 Å². The lowest BCUT2D eigenvalue weighted by molar-refractivity contribution is 0.0924. The largest absolute Gasteiger partial charge is 0.454 e. The SMILES string of the molecule is Cc1nn(-c2cccc(Cl)c2)nc1C(=O)NC1(c2ccc3c(c2)OCO3)CC1. The number of carbonyl (C=O) groups is 1. The Balaban J connectivity index is 1.40. The van der Waals surface area contributed by atoms with Gasteiger partial charge in [0.05, 0.1) is 16.9 Å². The summed E-state index contributed by atoms with van der Waals surface area (Å²) in [6.07, 6.45) is 1.72. The van der Waals surface area contributed by atoms with Crippen molar-refractivity contribution >= 4 is 17.5 Å². The summed E-state index contributed by atoms with van der Waals surface area (Å²) in [7, 11) is 0. The number of amides is 1. The lowest BCUT2D eigenvalue weighted by atomic mass is 10.0. The number of aryl methyl sites for hydroxylation is 1. The van der Waals surface area contributed by atoms with E-state index >= 15 is 0 Å². The minimum Gasteiger partial charge on any atom is -0.454 e. The van der Waals surface area contributed by atoms with Crippen LogP contribution in [0.2, 0.25) is 5.02 Å². The third-order valence-electron chi connectivity index (χ3n) is 5.06. The van der Waals surface area contributed by atoms with Crippen LogP contribution in [0.1, 0.15) is 34.6 Å². The maximum Gasteiger partial charge on any atom is 0.274 e. The van der Waals surface area contributed by atoms with Gasteiger partial charge in [0.2, 0.25) is 6.79 Å². The molecule has 2 aliphatic rings. The minimum atomic E-state index is -0.398. The molecule has 28 heavy (non-hydrogen) atoms. The van der Waals surface area contributed by atoms with Gasteiger partial charge in [-0.1, -0.05) is 23.7 Å². The summed E-state index contributed by atoms with van der Waals surface area (Å²) in [5, 5.41) is 12.5. The first-order valence-corrected chi connectivity index (χ1v) is 9.34. The number of aromatic nitrogens is 3. The smallest absolute Gasteiger partial charge is 0.274 e. The number of carbonyl (C=O) groups excluding carboxylic acids is 1. The van der Waals surface area contributed by atoms with Crippen LogP contribution in [0, 0.1) is 6.92 Å². The van der Waals surface area contributed by atoms with E-state index in [9.17, 15) is 4.79 Å². The van der Waals surface area contributed by atoms with Gasteiger partial charge in [0.1, 0.15) is 0 Å². The number of nitrogens with one attached hydrogen (secondary N) is 1. The van der Waals surface area contributed by atoms with E-state index in [1.165, 1.54) is 4.80 Å². The zero-order valence-electron chi connectivity index (χ0n) is 15.1. The lowest BCUT2D eigenvalue weighted by Crippen LogP contribution is -2.35. The predicted octanol–water partition coefficient (Wildman–Crippen LogP) is 3.38. The molecule has 1 aromatic heterocycles. The van der Waals surface area contributed by atoms with Crippen LogP contribution in [0.3, 0.4) is 0 Å². The Morgan fingerprint density at radius 1 is 1.14 bits per heavy atom. The second-order valence-corrected chi connectivity index (χ2v) is 7.44. The van der Waals surface area contributed by atoms with Crippen LogP contribution in [0.5, 0.6) is 11.5 Å². The Bertz CT molecular complexity index is 1090. The molecule has 8 heteroatoms. The molecule has 0 saturated heterocycles. The Morgan fingerprint density at radius 3 is 2.75 bits per heavy atom. The molecule has 0 spiro atoms. The van der Waals surface area contributed by atoms with Crippen LogP contribution in [-0.4, -0.2) is 27.7 Å². The van der Waals surface area contributed by atoms with Crippen LogP contribution >= 0.6 is 11.6 Å². The number of ether oxygens (including phenoxy) is 2. The average molecular weight is 397 g/mol. The molecule has 5 rings (SSSR count). The fraction of sp³-hybridized carbons (Fsp3) is 0.250. The summed E-state index contributed by atoms with van der Waals surface area (Å²) in [4.78, 5) is 14.4. The molecule has 0 radical (unpaired) electrons. The van der Waals surface area contributed by atoms with Crippen LogP contribution in [0.25, 0.3) is 5.69 Å². The summed E-state index contributed by atoms with van der Waals surface area (Å²) in [6.45, 7) is 1.99. The van der Waals surface area contributed by atoms with E-state index in [1.54, 1.807) is 19.1 Å². The van der Waals surface area contributed by atoms with Gasteiger partial charge in [-0.2, -0.15) is 9.90 Å². The van der Waals surface area contributed by atoms with Crippen molar-refractivity contribution in [3.05, 3.63) is 64.4 Å². The molecule has 0 atom stereocenters. The van der Waals surface area contributed by atoms with Gasteiger partial charge in [0, 0.05) is 5.02 Å². The van der Waals surface area contributed by atoms with Gasteiger partial charge in [0.25, 0.3) is 5.91 Å². The first-order valence-electron chi connectivity index (χ1n) is 8.97. The van der Waals surface area contributed by atoms with Gasteiger partial charge < -0.3 is 14.8 Å². The van der Waals surface area contributed by atoms with E-state index in [0.29, 0.717) is 27.8 Å². The molecular weight excluding hydrogens is 380 g/mol. The first kappa shape index (κ1) is 17.1. The van der Waals surface area contributed by atoms with E-state index < -0.39 is 5.54 Å². The van der Waals surface area contributed by atoms with Crippen molar-refractivity contribution in [1.82, 2.24) is 20.3 Å². The highest BCUT2D eigenvalue weighted by atomic mass is 35.5. The Hall–Kier alpha value is -3.06. The first-order chi connectivity index (χ1) is 13.5. The van der Waals surface area contributed by atoms with Gasteiger partial charge >= 0.3 is 0 Å². The average Bonchev–Trinajstić information content (AvgIpc) is 3.13. The van der Waals surface area contributed by atoms with Gasteiger partial charge in [-0.05, 0) is 55.7 Å². The van der Waals surface area contributed by atoms with Crippen LogP contribution < -0.4 is 14.8 Å². The van der Waals surface area contributed by atoms with Gasteiger partial charge in [-0.3, -0.25) is 4.79 Å². The summed E-state index contributed by atoms with van der Waals surface area (Å²) in [5.74, 6) is 1.19. The number of hydrogen-bond acceptors (Lipinski definition) is 5. The molecule has 1 aliphatic heterocycles. The number of halogens is 1. The predicted molar refractivity (Wildman–Crippen MR) is 102 cm³/mol. The van der Waals surface area contributed by atoms with Crippen molar-refractivity contribution in [3.63, 3.8) is 0 Å². The number of benzene rings is 2. The fourth-order valence-corrected chi connectivity index (χ4v) is 3.57. The Morgan fingerprint density at radius 2 is 1.96 bits per heavy atom. The molecule has 1 saturated carbocycles. The molecule has 0 bridgehead atoms. The highest BCUT2D eigenvalue weighted by molar-refractivity contribution is 6.30. The summed E-state index contributed by atoms with van der Waals surface area (Å²) in [6, 6.07) is 13.0. The van der Waals surface area contributed by atoms with E-state index in [4.69, 9.17) is 21.1 Å². The van der Waals surface area contributed by atoms with Gasteiger partial charge in [0.15, 0.2) is 17.2 Å². The molecule has 142 valence electrons. The highest BCUT2D eigenvalue weighted by Gasteiger charge is 2.47. The summed E-state index contributed by atoms with van der Waals surface area (Å²) in [5.41, 5.74) is 2.16. The Kier molecular flexibility index (Phi) is 3.80. The summed E-state index contributed by atoms with van der Waals surface area (Å²) >= 11 is 6.04. The third-order valence-corrected chi connectivity index (χ3v) is 5.30. The number of hydrogen-bond donors (Lipinski definition) is 1. The maximum atomic E-state index is 12.9. The zero-order valence-corrected chi connectivity index (χ0v) is 15.9. The molecule has 3 aromatic rings. The monoisotopic (exact) mass is 396 g/mol. The number of rotatable bonds is 4. The van der Waals surface area contributed by atoms with Crippen molar-refractivity contribution < 1.29 is 14.3 Å². The van der Waals surface area contributed by atoms with Gasteiger partial charge in [-0.15, -0.1) is 5.10 Å². The molecule has 1 aliphatic carbocycles. The van der Waals surface area contributed by atoms with E-state index in [-0.39, 0.29) is 12.7 Å². The van der Waals surface area contributed by atoms with Crippen LogP contribution in [-0.2, 0) is 5.54 Å².